The number of nitrogens with one attached hydrogen (secondary N) is 1. The highest BCUT2D eigenvalue weighted by Gasteiger charge is 2.27. The van der Waals surface area contributed by atoms with Gasteiger partial charge >= 0.3 is 0 Å². The van der Waals surface area contributed by atoms with Gasteiger partial charge in [-0.1, -0.05) is 22.8 Å². The molecule has 0 bridgehead atoms. The Bertz CT molecular complexity index is 1360. The van der Waals surface area contributed by atoms with Gasteiger partial charge in [0.25, 0.3) is 5.91 Å². The van der Waals surface area contributed by atoms with Crippen LogP contribution in [0.4, 0.5) is 8.78 Å². The van der Waals surface area contributed by atoms with Crippen molar-refractivity contribution < 1.29 is 22.8 Å². The van der Waals surface area contributed by atoms with Crippen molar-refractivity contribution >= 4 is 17.5 Å². The van der Waals surface area contributed by atoms with E-state index in [2.05, 4.69) is 25.5 Å². The Labute approximate surface area is 197 Å². The van der Waals surface area contributed by atoms with Crippen molar-refractivity contribution in [1.29, 1.82) is 0 Å². The molecule has 9 nitrogen and oxygen atoms in total. The fraction of sp³-hybridized carbons (Fsp3) is 0.227. The quantitative estimate of drug-likeness (QED) is 0.395. The molecule has 1 unspecified atom stereocenters. The van der Waals surface area contributed by atoms with Crippen LogP contribution in [0.2, 0.25) is 5.15 Å². The largest absolute Gasteiger partial charge is 0.481 e. The van der Waals surface area contributed by atoms with E-state index in [0.717, 1.165) is 11.8 Å². The molecule has 0 aliphatic carbocycles. The number of carbonyl (C=O) groups is 1. The third-order valence-electron chi connectivity index (χ3n) is 5.10. The van der Waals surface area contributed by atoms with Crippen molar-refractivity contribution in [1.82, 2.24) is 30.2 Å². The zero-order valence-electron chi connectivity index (χ0n) is 18.3. The maximum Gasteiger partial charge on any atom is 0.289 e. The third kappa shape index (κ3) is 4.60. The number of ether oxygens (including phenoxy) is 1. The number of rotatable bonds is 7. The van der Waals surface area contributed by atoms with Crippen LogP contribution in [-0.4, -0.2) is 44.5 Å². The average Bonchev–Trinajstić information content (AvgIpc) is 3.38. The lowest BCUT2D eigenvalue weighted by Crippen LogP contribution is -2.29. The fourth-order valence-electron chi connectivity index (χ4n) is 3.65. The number of hydrogen-bond acceptors (Lipinski definition) is 7. The molecule has 12 heteroatoms. The van der Waals surface area contributed by atoms with Crippen LogP contribution in [0.25, 0.3) is 11.4 Å². The second kappa shape index (κ2) is 9.56. The van der Waals surface area contributed by atoms with Crippen LogP contribution < -0.4 is 10.1 Å². The molecule has 0 aliphatic rings. The summed E-state index contributed by atoms with van der Waals surface area (Å²) in [7, 11) is 3.27. The molecule has 4 heterocycles. The molecular weight excluding hydrogens is 470 g/mol. The van der Waals surface area contributed by atoms with E-state index < -0.39 is 23.5 Å². The van der Waals surface area contributed by atoms with E-state index in [9.17, 15) is 13.6 Å². The van der Waals surface area contributed by atoms with E-state index in [1.165, 1.54) is 13.2 Å². The first-order valence-electron chi connectivity index (χ1n) is 10.0. The summed E-state index contributed by atoms with van der Waals surface area (Å²) in [6, 6.07) is 7.08. The number of hydrogen-bond donors (Lipinski definition) is 1. The zero-order chi connectivity index (χ0) is 24.4. The second-order valence-corrected chi connectivity index (χ2v) is 7.73. The first-order chi connectivity index (χ1) is 16.3. The van der Waals surface area contributed by atoms with Gasteiger partial charge in [-0.05, 0) is 19.1 Å². The molecule has 0 fully saturated rings. The summed E-state index contributed by atoms with van der Waals surface area (Å²) in [4.78, 5) is 20.8. The molecule has 0 spiro atoms. The highest BCUT2D eigenvalue weighted by molar-refractivity contribution is 6.29. The fourth-order valence-corrected chi connectivity index (χ4v) is 3.82. The number of aromatic nitrogens is 5. The van der Waals surface area contributed by atoms with Crippen LogP contribution in [-0.2, 0) is 7.05 Å². The standard InChI is InChI=1S/C22H19ClF2N6O3/c1-11-19(22(33-3)31(2)29-11)13(15-5-4-6-18(23)28-15)10-27-21(32)17-8-16(30-34-17)20-14(25)7-12(24)9-26-20/h4-9,13H,10H2,1-3H3,(H,27,32). The Morgan fingerprint density at radius 2 is 2.12 bits per heavy atom. The summed E-state index contributed by atoms with van der Waals surface area (Å²) < 4.78 is 39.3. The van der Waals surface area contributed by atoms with E-state index in [0.29, 0.717) is 28.5 Å². The normalized spacial score (nSPS) is 11.9. The van der Waals surface area contributed by atoms with Crippen LogP contribution in [0.15, 0.2) is 41.1 Å². The van der Waals surface area contributed by atoms with Crippen molar-refractivity contribution in [3.8, 4) is 17.3 Å². The predicted molar refractivity (Wildman–Crippen MR) is 118 cm³/mol. The molecule has 0 radical (unpaired) electrons. The van der Waals surface area contributed by atoms with Gasteiger partial charge in [-0.25, -0.2) is 23.4 Å². The van der Waals surface area contributed by atoms with Crippen LogP contribution in [0.5, 0.6) is 5.88 Å². The summed E-state index contributed by atoms with van der Waals surface area (Å²) in [6.07, 6.45) is 0.846. The molecule has 1 N–H and O–H groups in total. The van der Waals surface area contributed by atoms with E-state index in [1.807, 2.05) is 6.92 Å². The first-order valence-corrected chi connectivity index (χ1v) is 10.4. The van der Waals surface area contributed by atoms with Gasteiger partial charge in [-0.15, -0.1) is 0 Å². The van der Waals surface area contributed by atoms with Crippen LogP contribution in [0, 0.1) is 18.6 Å². The lowest BCUT2D eigenvalue weighted by atomic mass is 9.95. The maximum atomic E-state index is 14.0. The van der Waals surface area contributed by atoms with E-state index in [4.69, 9.17) is 20.9 Å². The van der Waals surface area contributed by atoms with Gasteiger partial charge in [0.05, 0.1) is 30.6 Å². The SMILES string of the molecule is COc1c(C(CNC(=O)c2cc(-c3ncc(F)cc3F)no2)c2cccc(Cl)n2)c(C)nn1C. The van der Waals surface area contributed by atoms with E-state index in [-0.39, 0.29) is 23.7 Å². The van der Waals surface area contributed by atoms with Crippen molar-refractivity contribution in [3.63, 3.8) is 0 Å². The molecule has 4 rings (SSSR count). The van der Waals surface area contributed by atoms with Crippen molar-refractivity contribution in [2.45, 2.75) is 12.8 Å². The average molecular weight is 489 g/mol. The van der Waals surface area contributed by atoms with Gasteiger partial charge in [0, 0.05) is 31.3 Å². The lowest BCUT2D eigenvalue weighted by molar-refractivity contribution is 0.0915. The first kappa shape index (κ1) is 23.3. The molecule has 176 valence electrons. The Morgan fingerprint density at radius 3 is 2.82 bits per heavy atom. The smallest absolute Gasteiger partial charge is 0.289 e. The zero-order valence-corrected chi connectivity index (χ0v) is 19.1. The highest BCUT2D eigenvalue weighted by Crippen LogP contribution is 2.33. The lowest BCUT2D eigenvalue weighted by Gasteiger charge is -2.18. The minimum Gasteiger partial charge on any atom is -0.481 e. The molecule has 1 amide bonds. The molecule has 4 aromatic heterocycles. The molecule has 4 aromatic rings. The minimum absolute atomic E-state index is 0.0412. The van der Waals surface area contributed by atoms with Crippen LogP contribution in [0.3, 0.4) is 0 Å². The van der Waals surface area contributed by atoms with E-state index in [1.54, 1.807) is 29.9 Å². The summed E-state index contributed by atoms with van der Waals surface area (Å²) in [5, 5.41) is 11.1. The van der Waals surface area contributed by atoms with Crippen LogP contribution in [0.1, 0.15) is 33.4 Å². The number of nitrogens with zero attached hydrogens (tertiary/aromatic N) is 5. The van der Waals surface area contributed by atoms with Gasteiger partial charge in [0.1, 0.15) is 22.4 Å². The summed E-state index contributed by atoms with van der Waals surface area (Å²) in [5.74, 6) is -2.47. The molecule has 0 saturated carbocycles. The Morgan fingerprint density at radius 1 is 1.32 bits per heavy atom. The molecule has 34 heavy (non-hydrogen) atoms. The monoisotopic (exact) mass is 488 g/mol. The van der Waals surface area contributed by atoms with Gasteiger partial charge in [0.15, 0.2) is 5.82 Å². The Hall–Kier alpha value is -3.86. The number of amides is 1. The molecule has 0 saturated heterocycles. The van der Waals surface area contributed by atoms with Crippen molar-refractivity contribution in [3.05, 3.63) is 76.0 Å². The van der Waals surface area contributed by atoms with Crippen LogP contribution >= 0.6 is 11.6 Å². The van der Waals surface area contributed by atoms with Gasteiger partial charge < -0.3 is 14.6 Å². The summed E-state index contributed by atoms with van der Waals surface area (Å²) in [6.45, 7) is 1.92. The maximum absolute atomic E-state index is 14.0. The third-order valence-corrected chi connectivity index (χ3v) is 5.31. The molecule has 0 aromatic carbocycles. The predicted octanol–water partition coefficient (Wildman–Crippen LogP) is 3.68. The number of pyridine rings is 2. The minimum atomic E-state index is -0.925. The number of carbonyl (C=O) groups excluding carboxylic acids is 1. The van der Waals surface area contributed by atoms with E-state index >= 15 is 0 Å². The number of halogens is 3. The van der Waals surface area contributed by atoms with Gasteiger partial charge in [-0.2, -0.15) is 5.10 Å². The summed E-state index contributed by atoms with van der Waals surface area (Å²) >= 11 is 6.10. The topological polar surface area (TPSA) is 108 Å². The number of methoxy groups -OCH3 is 1. The highest BCUT2D eigenvalue weighted by atomic mass is 35.5. The summed E-state index contributed by atoms with van der Waals surface area (Å²) in [5.41, 5.74) is 1.75. The van der Waals surface area contributed by atoms with Crippen molar-refractivity contribution in [2.24, 2.45) is 7.05 Å². The second-order valence-electron chi connectivity index (χ2n) is 7.34. The van der Waals surface area contributed by atoms with Gasteiger partial charge in [0.2, 0.25) is 11.6 Å². The molecule has 1 atom stereocenters. The van der Waals surface area contributed by atoms with Crippen molar-refractivity contribution in [2.75, 3.05) is 13.7 Å². The van der Waals surface area contributed by atoms with Gasteiger partial charge in [-0.3, -0.25) is 4.79 Å². The molecule has 0 aliphatic heterocycles. The Kier molecular flexibility index (Phi) is 6.55. The molecular formula is C22H19ClF2N6O3. The number of aryl methyl sites for hydroxylation is 2. The Balaban J connectivity index is 1.60.